The van der Waals surface area contributed by atoms with Crippen molar-refractivity contribution in [3.8, 4) is 0 Å². The van der Waals surface area contributed by atoms with Gasteiger partial charge in [0, 0.05) is 37.2 Å². The van der Waals surface area contributed by atoms with Crippen LogP contribution in [-0.4, -0.2) is 26.2 Å². The summed E-state index contributed by atoms with van der Waals surface area (Å²) in [5, 5.41) is 6.88. The number of hydrogen-bond acceptors (Lipinski definition) is 3. The molecule has 0 atom stereocenters. The van der Waals surface area contributed by atoms with E-state index in [9.17, 15) is 4.79 Å². The van der Waals surface area contributed by atoms with Gasteiger partial charge in [-0.2, -0.15) is 0 Å². The van der Waals surface area contributed by atoms with E-state index < -0.39 is 0 Å². The first-order chi connectivity index (χ1) is 11.1. The Kier molecular flexibility index (Phi) is 6.71. The lowest BCUT2D eigenvalue weighted by atomic mass is 10.2. The second-order valence-electron chi connectivity index (χ2n) is 4.93. The summed E-state index contributed by atoms with van der Waals surface area (Å²) in [5.74, 6) is -0.232. The maximum Gasteiger partial charge on any atom is 0.255 e. The first-order valence-corrected chi connectivity index (χ1v) is 7.95. The molecule has 2 N–H and O–H groups in total. The molecule has 0 unspecified atom stereocenters. The van der Waals surface area contributed by atoms with Gasteiger partial charge in [-0.3, -0.25) is 4.79 Å². The first-order valence-electron chi connectivity index (χ1n) is 7.19. The summed E-state index contributed by atoms with van der Waals surface area (Å²) in [6, 6.07) is 12.3. The molecule has 2 rings (SSSR count). The molecular weight excluding hydrogens is 335 g/mol. The Morgan fingerprint density at radius 1 is 1.04 bits per heavy atom. The number of ether oxygens (including phenoxy) is 1. The van der Waals surface area contributed by atoms with Crippen LogP contribution in [0.15, 0.2) is 42.5 Å². The summed E-state index contributed by atoms with van der Waals surface area (Å²) in [4.78, 5) is 12.2. The van der Waals surface area contributed by atoms with Crippen LogP contribution in [0.2, 0.25) is 10.0 Å². The predicted octanol–water partition coefficient (Wildman–Crippen LogP) is 4.69. The third-order valence-electron chi connectivity index (χ3n) is 3.18. The first kappa shape index (κ1) is 17.6. The molecule has 0 aliphatic heterocycles. The quantitative estimate of drug-likeness (QED) is 0.710. The van der Waals surface area contributed by atoms with E-state index >= 15 is 0 Å². The zero-order chi connectivity index (χ0) is 16.7. The Bertz CT molecular complexity index is 660. The van der Waals surface area contributed by atoms with E-state index in [1.165, 1.54) is 0 Å². The second-order valence-corrected chi connectivity index (χ2v) is 5.75. The highest BCUT2D eigenvalue weighted by molar-refractivity contribution is 6.42. The van der Waals surface area contributed by atoms with Gasteiger partial charge in [0.2, 0.25) is 0 Å². The molecule has 23 heavy (non-hydrogen) atoms. The van der Waals surface area contributed by atoms with Crippen molar-refractivity contribution in [1.29, 1.82) is 0 Å². The fourth-order valence-electron chi connectivity index (χ4n) is 1.96. The fraction of sp³-hybridized carbons (Fsp3) is 0.235. The van der Waals surface area contributed by atoms with Crippen molar-refractivity contribution in [3.05, 3.63) is 58.1 Å². The van der Waals surface area contributed by atoms with Gasteiger partial charge in [0.15, 0.2) is 0 Å². The number of anilines is 2. The van der Waals surface area contributed by atoms with Crippen molar-refractivity contribution in [2.45, 2.75) is 6.42 Å². The number of carbonyl (C=O) groups is 1. The third kappa shape index (κ3) is 5.43. The maximum atomic E-state index is 12.2. The van der Waals surface area contributed by atoms with Crippen LogP contribution in [0.1, 0.15) is 16.8 Å². The molecule has 0 heterocycles. The van der Waals surface area contributed by atoms with E-state index in [1.54, 1.807) is 25.3 Å². The van der Waals surface area contributed by atoms with Crippen LogP contribution in [0.5, 0.6) is 0 Å². The van der Waals surface area contributed by atoms with Crippen LogP contribution >= 0.6 is 23.2 Å². The summed E-state index contributed by atoms with van der Waals surface area (Å²) in [7, 11) is 1.69. The number of carbonyl (C=O) groups excluding carboxylic acids is 1. The summed E-state index contributed by atoms with van der Waals surface area (Å²) in [6.45, 7) is 1.56. The topological polar surface area (TPSA) is 50.4 Å². The van der Waals surface area contributed by atoms with Gasteiger partial charge in [0.1, 0.15) is 0 Å². The largest absolute Gasteiger partial charge is 0.385 e. The highest BCUT2D eigenvalue weighted by atomic mass is 35.5. The standard InChI is InChI=1S/C17H18Cl2N2O2/c1-23-10-2-9-20-13-4-6-14(7-5-13)21-17(22)12-3-8-15(18)16(19)11-12/h3-8,11,20H,2,9-10H2,1H3,(H,21,22). The van der Waals surface area contributed by atoms with Crippen molar-refractivity contribution in [1.82, 2.24) is 0 Å². The van der Waals surface area contributed by atoms with Crippen molar-refractivity contribution in [3.63, 3.8) is 0 Å². The molecule has 0 radical (unpaired) electrons. The van der Waals surface area contributed by atoms with Gasteiger partial charge in [-0.1, -0.05) is 23.2 Å². The van der Waals surface area contributed by atoms with Crippen molar-refractivity contribution >= 4 is 40.5 Å². The third-order valence-corrected chi connectivity index (χ3v) is 3.92. The van der Waals surface area contributed by atoms with Gasteiger partial charge in [0.05, 0.1) is 10.0 Å². The summed E-state index contributed by atoms with van der Waals surface area (Å²) in [5.41, 5.74) is 2.17. The minimum Gasteiger partial charge on any atom is -0.385 e. The minimum absolute atomic E-state index is 0.232. The molecule has 4 nitrogen and oxygen atoms in total. The van der Waals surface area contributed by atoms with Gasteiger partial charge >= 0.3 is 0 Å². The lowest BCUT2D eigenvalue weighted by molar-refractivity contribution is 0.102. The normalized spacial score (nSPS) is 10.4. The molecule has 2 aromatic carbocycles. The molecule has 0 aliphatic rings. The molecule has 0 fully saturated rings. The number of methoxy groups -OCH3 is 1. The van der Waals surface area contributed by atoms with Crippen LogP contribution in [0, 0.1) is 0 Å². The molecule has 6 heteroatoms. The number of halogens is 2. The van der Waals surface area contributed by atoms with E-state index in [-0.39, 0.29) is 5.91 Å². The zero-order valence-electron chi connectivity index (χ0n) is 12.7. The summed E-state index contributed by atoms with van der Waals surface area (Å²) in [6.07, 6.45) is 0.937. The highest BCUT2D eigenvalue weighted by Crippen LogP contribution is 2.23. The molecular formula is C17H18Cl2N2O2. The number of amides is 1. The minimum atomic E-state index is -0.232. The van der Waals surface area contributed by atoms with Gasteiger partial charge < -0.3 is 15.4 Å². The molecule has 1 amide bonds. The van der Waals surface area contributed by atoms with E-state index in [2.05, 4.69) is 10.6 Å². The Balaban J connectivity index is 1.92. The Hall–Kier alpha value is -1.75. The molecule has 0 saturated carbocycles. The number of hydrogen-bond donors (Lipinski definition) is 2. The second kappa shape index (κ2) is 8.77. The molecule has 0 saturated heterocycles. The SMILES string of the molecule is COCCCNc1ccc(NC(=O)c2ccc(Cl)c(Cl)c2)cc1. The van der Waals surface area contributed by atoms with Crippen molar-refractivity contribution < 1.29 is 9.53 Å². The predicted molar refractivity (Wildman–Crippen MR) is 95.8 cm³/mol. The number of rotatable bonds is 7. The van der Waals surface area contributed by atoms with E-state index in [0.29, 0.717) is 21.3 Å². The van der Waals surface area contributed by atoms with Gasteiger partial charge in [-0.25, -0.2) is 0 Å². The van der Waals surface area contributed by atoms with Crippen LogP contribution < -0.4 is 10.6 Å². The average molecular weight is 353 g/mol. The highest BCUT2D eigenvalue weighted by Gasteiger charge is 2.08. The van der Waals surface area contributed by atoms with Crippen molar-refractivity contribution in [2.24, 2.45) is 0 Å². The smallest absolute Gasteiger partial charge is 0.255 e. The van der Waals surface area contributed by atoms with E-state index in [1.807, 2.05) is 24.3 Å². The fourth-order valence-corrected chi connectivity index (χ4v) is 2.26. The van der Waals surface area contributed by atoms with Crippen LogP contribution in [-0.2, 0) is 4.74 Å². The van der Waals surface area contributed by atoms with Crippen LogP contribution in [0.4, 0.5) is 11.4 Å². The molecule has 0 spiro atoms. The Morgan fingerprint density at radius 2 is 1.74 bits per heavy atom. The maximum absolute atomic E-state index is 12.2. The lowest BCUT2D eigenvalue weighted by Crippen LogP contribution is -2.12. The lowest BCUT2D eigenvalue weighted by Gasteiger charge is -2.09. The van der Waals surface area contributed by atoms with E-state index in [0.717, 1.165) is 25.3 Å². The van der Waals surface area contributed by atoms with Crippen LogP contribution in [0.3, 0.4) is 0 Å². The molecule has 0 bridgehead atoms. The molecule has 2 aromatic rings. The van der Waals surface area contributed by atoms with Gasteiger partial charge in [0.25, 0.3) is 5.91 Å². The van der Waals surface area contributed by atoms with Gasteiger partial charge in [-0.15, -0.1) is 0 Å². The monoisotopic (exact) mass is 352 g/mol. The van der Waals surface area contributed by atoms with Crippen LogP contribution in [0.25, 0.3) is 0 Å². The molecule has 0 aliphatic carbocycles. The van der Waals surface area contributed by atoms with E-state index in [4.69, 9.17) is 27.9 Å². The summed E-state index contributed by atoms with van der Waals surface area (Å²) >= 11 is 11.8. The number of nitrogens with one attached hydrogen (secondary N) is 2. The van der Waals surface area contributed by atoms with Gasteiger partial charge in [-0.05, 0) is 48.9 Å². The Morgan fingerprint density at radius 3 is 2.39 bits per heavy atom. The number of benzene rings is 2. The Labute approximate surface area is 145 Å². The average Bonchev–Trinajstić information content (AvgIpc) is 2.55. The summed E-state index contributed by atoms with van der Waals surface area (Å²) < 4.78 is 5.00. The molecule has 0 aromatic heterocycles. The zero-order valence-corrected chi connectivity index (χ0v) is 14.2. The van der Waals surface area contributed by atoms with Crippen molar-refractivity contribution in [2.75, 3.05) is 30.9 Å². The molecule has 122 valence electrons.